The number of carbonyl (C=O) groups excluding carboxylic acids is 3. The summed E-state index contributed by atoms with van der Waals surface area (Å²) in [7, 11) is 0. The highest BCUT2D eigenvalue weighted by Crippen LogP contribution is 2.34. The van der Waals surface area contributed by atoms with Gasteiger partial charge in [0.05, 0.1) is 6.42 Å². The van der Waals surface area contributed by atoms with Gasteiger partial charge in [0.2, 0.25) is 6.79 Å². The van der Waals surface area contributed by atoms with Crippen LogP contribution in [0.4, 0.5) is 0 Å². The molecule has 0 bridgehead atoms. The molecule has 0 aromatic heterocycles. The van der Waals surface area contributed by atoms with E-state index in [1.807, 2.05) is 19.1 Å². The van der Waals surface area contributed by atoms with Crippen molar-refractivity contribution >= 4 is 23.7 Å². The number of benzene rings is 2. The number of amides is 3. The SMILES string of the molecule is Cc1ccc(C(=O)N2CCN(C(=O)c3ccc4c(c3)OCO4)C2C(=O)NC(CC(=O)O)C2CCCCC2)cc1. The number of aryl methyl sites for hydroxylation is 1. The second-order valence-electron chi connectivity index (χ2n) is 10.4. The number of hydrogen-bond acceptors (Lipinski definition) is 6. The molecule has 0 radical (unpaired) electrons. The molecular weight excluding hydrogens is 502 g/mol. The maximum atomic E-state index is 13.9. The van der Waals surface area contributed by atoms with E-state index in [0.717, 1.165) is 37.7 Å². The third-order valence-electron chi connectivity index (χ3n) is 7.79. The predicted octanol–water partition coefficient (Wildman–Crippen LogP) is 3.19. The van der Waals surface area contributed by atoms with E-state index in [4.69, 9.17) is 9.47 Å². The van der Waals surface area contributed by atoms with E-state index in [-0.39, 0.29) is 38.1 Å². The minimum atomic E-state index is -1.23. The third kappa shape index (κ3) is 5.69. The molecule has 10 heteroatoms. The number of nitrogens with zero attached hydrogens (tertiary/aromatic N) is 2. The zero-order chi connectivity index (χ0) is 27.5. The molecule has 0 spiro atoms. The highest BCUT2D eigenvalue weighted by Gasteiger charge is 2.44. The van der Waals surface area contributed by atoms with Crippen LogP contribution in [0.25, 0.3) is 0 Å². The number of fused-ring (bicyclic) bond motifs is 1. The molecule has 2 aromatic rings. The van der Waals surface area contributed by atoms with E-state index >= 15 is 0 Å². The first-order valence-electron chi connectivity index (χ1n) is 13.4. The predicted molar refractivity (Wildman–Crippen MR) is 140 cm³/mol. The number of ether oxygens (including phenoxy) is 2. The summed E-state index contributed by atoms with van der Waals surface area (Å²) in [5.41, 5.74) is 1.70. The van der Waals surface area contributed by atoms with Crippen molar-refractivity contribution in [3.05, 3.63) is 59.2 Å². The molecule has 2 aromatic carbocycles. The maximum Gasteiger partial charge on any atom is 0.305 e. The van der Waals surface area contributed by atoms with Gasteiger partial charge in [0.25, 0.3) is 17.7 Å². The van der Waals surface area contributed by atoms with Gasteiger partial charge in [0, 0.05) is 30.3 Å². The molecule has 3 aliphatic rings. The Morgan fingerprint density at radius 1 is 0.897 bits per heavy atom. The van der Waals surface area contributed by atoms with E-state index < -0.39 is 30.0 Å². The highest BCUT2D eigenvalue weighted by atomic mass is 16.7. The van der Waals surface area contributed by atoms with Crippen molar-refractivity contribution in [3.8, 4) is 11.5 Å². The number of carboxylic acid groups (broad SMARTS) is 1. The van der Waals surface area contributed by atoms with Gasteiger partial charge in [-0.15, -0.1) is 0 Å². The average molecular weight is 536 g/mol. The normalized spacial score (nSPS) is 19.6. The Morgan fingerprint density at radius 3 is 2.18 bits per heavy atom. The highest BCUT2D eigenvalue weighted by molar-refractivity contribution is 6.02. The molecule has 5 rings (SSSR count). The number of carbonyl (C=O) groups is 4. The summed E-state index contributed by atoms with van der Waals surface area (Å²) in [6.07, 6.45) is 3.26. The van der Waals surface area contributed by atoms with Crippen LogP contribution >= 0.6 is 0 Å². The fraction of sp³-hybridized carbons (Fsp3) is 0.448. The lowest BCUT2D eigenvalue weighted by molar-refractivity contribution is -0.138. The van der Waals surface area contributed by atoms with E-state index in [1.54, 1.807) is 30.3 Å². The zero-order valence-electron chi connectivity index (χ0n) is 21.9. The van der Waals surface area contributed by atoms with Crippen molar-refractivity contribution in [2.45, 2.75) is 57.7 Å². The minimum Gasteiger partial charge on any atom is -0.481 e. The molecular formula is C29H33N3O7. The first kappa shape index (κ1) is 26.5. The lowest BCUT2D eigenvalue weighted by Gasteiger charge is -2.34. The Balaban J connectivity index is 1.44. The van der Waals surface area contributed by atoms with Crippen LogP contribution in [0.15, 0.2) is 42.5 Å². The Hall–Kier alpha value is -4.08. The molecule has 2 aliphatic heterocycles. The van der Waals surface area contributed by atoms with Crippen LogP contribution in [0.2, 0.25) is 0 Å². The number of rotatable bonds is 7. The van der Waals surface area contributed by atoms with Crippen LogP contribution < -0.4 is 14.8 Å². The molecule has 2 fully saturated rings. The molecule has 1 saturated carbocycles. The lowest BCUT2D eigenvalue weighted by Crippen LogP contribution is -2.56. The summed E-state index contributed by atoms with van der Waals surface area (Å²) in [6.45, 7) is 2.29. The topological polar surface area (TPSA) is 125 Å². The molecule has 10 nitrogen and oxygen atoms in total. The molecule has 206 valence electrons. The molecule has 1 aliphatic carbocycles. The Labute approximate surface area is 226 Å². The van der Waals surface area contributed by atoms with Crippen LogP contribution in [0, 0.1) is 12.8 Å². The second kappa shape index (κ2) is 11.3. The van der Waals surface area contributed by atoms with Crippen molar-refractivity contribution in [1.82, 2.24) is 15.1 Å². The van der Waals surface area contributed by atoms with Gasteiger partial charge in [0.1, 0.15) is 0 Å². The number of aliphatic carboxylic acids is 1. The molecule has 3 amide bonds. The zero-order valence-corrected chi connectivity index (χ0v) is 21.9. The van der Waals surface area contributed by atoms with Gasteiger partial charge < -0.3 is 29.7 Å². The van der Waals surface area contributed by atoms with Crippen molar-refractivity contribution in [2.24, 2.45) is 5.92 Å². The largest absolute Gasteiger partial charge is 0.481 e. The second-order valence-corrected chi connectivity index (χ2v) is 10.4. The van der Waals surface area contributed by atoms with E-state index in [0.29, 0.717) is 22.6 Å². The molecule has 2 heterocycles. The summed E-state index contributed by atoms with van der Waals surface area (Å²) in [6, 6.07) is 11.3. The van der Waals surface area contributed by atoms with Crippen molar-refractivity contribution in [3.63, 3.8) is 0 Å². The van der Waals surface area contributed by atoms with Gasteiger partial charge in [-0.05, 0) is 56.0 Å². The number of nitrogens with one attached hydrogen (secondary N) is 1. The van der Waals surface area contributed by atoms with Gasteiger partial charge in [-0.2, -0.15) is 0 Å². The molecule has 2 unspecified atom stereocenters. The minimum absolute atomic E-state index is 0.0273. The average Bonchev–Trinajstić information content (AvgIpc) is 3.59. The van der Waals surface area contributed by atoms with Gasteiger partial charge in [-0.25, -0.2) is 0 Å². The summed E-state index contributed by atoms with van der Waals surface area (Å²) in [5.74, 6) is -1.37. The smallest absolute Gasteiger partial charge is 0.305 e. The van der Waals surface area contributed by atoms with Crippen LogP contribution in [-0.4, -0.2) is 70.7 Å². The van der Waals surface area contributed by atoms with Crippen LogP contribution in [0.3, 0.4) is 0 Å². The Morgan fingerprint density at radius 2 is 1.51 bits per heavy atom. The van der Waals surface area contributed by atoms with Gasteiger partial charge >= 0.3 is 5.97 Å². The fourth-order valence-corrected chi connectivity index (χ4v) is 5.71. The van der Waals surface area contributed by atoms with Crippen LogP contribution in [0.1, 0.15) is 64.8 Å². The van der Waals surface area contributed by atoms with E-state index in [2.05, 4.69) is 5.32 Å². The first-order valence-corrected chi connectivity index (χ1v) is 13.4. The molecule has 1 saturated heterocycles. The monoisotopic (exact) mass is 535 g/mol. The van der Waals surface area contributed by atoms with Crippen LogP contribution in [-0.2, 0) is 9.59 Å². The third-order valence-corrected chi connectivity index (χ3v) is 7.79. The first-order chi connectivity index (χ1) is 18.8. The molecule has 2 atom stereocenters. The van der Waals surface area contributed by atoms with Crippen molar-refractivity contribution in [2.75, 3.05) is 19.9 Å². The summed E-state index contributed by atoms with van der Waals surface area (Å²) in [4.78, 5) is 55.6. The fourth-order valence-electron chi connectivity index (χ4n) is 5.71. The summed E-state index contributed by atoms with van der Waals surface area (Å²) >= 11 is 0. The van der Waals surface area contributed by atoms with Gasteiger partial charge in [-0.1, -0.05) is 37.0 Å². The molecule has 2 N–H and O–H groups in total. The number of carboxylic acids is 1. The standard InChI is InChI=1S/C29H33N3O7/c1-18-7-9-20(10-8-18)28(36)31-13-14-32(29(37)21-11-12-23-24(15-21)39-17-38-23)27(31)26(35)30-22(16-25(33)34)19-5-3-2-4-6-19/h7-12,15,19,22,27H,2-6,13-14,16-17H2,1H3,(H,30,35)(H,33,34). The van der Waals surface area contributed by atoms with Crippen molar-refractivity contribution in [1.29, 1.82) is 0 Å². The molecule has 39 heavy (non-hydrogen) atoms. The Kier molecular flexibility index (Phi) is 7.72. The van der Waals surface area contributed by atoms with Gasteiger partial charge in [-0.3, -0.25) is 19.2 Å². The number of hydrogen-bond donors (Lipinski definition) is 2. The van der Waals surface area contributed by atoms with Gasteiger partial charge in [0.15, 0.2) is 17.7 Å². The van der Waals surface area contributed by atoms with E-state index in [9.17, 15) is 24.3 Å². The summed E-state index contributed by atoms with van der Waals surface area (Å²) in [5, 5.41) is 12.5. The van der Waals surface area contributed by atoms with E-state index in [1.165, 1.54) is 9.80 Å². The summed E-state index contributed by atoms with van der Waals surface area (Å²) < 4.78 is 10.8. The van der Waals surface area contributed by atoms with Crippen LogP contribution in [0.5, 0.6) is 11.5 Å². The lowest BCUT2D eigenvalue weighted by atomic mass is 9.82. The van der Waals surface area contributed by atoms with Crippen molar-refractivity contribution < 1.29 is 33.8 Å². The quantitative estimate of drug-likeness (QED) is 0.558. The maximum absolute atomic E-state index is 13.9. The Bertz CT molecular complexity index is 1260.